The van der Waals surface area contributed by atoms with Crippen LogP contribution < -0.4 is 11.1 Å². The summed E-state index contributed by atoms with van der Waals surface area (Å²) in [4.78, 5) is 15.7. The molecule has 21 heavy (non-hydrogen) atoms. The third kappa shape index (κ3) is 4.84. The van der Waals surface area contributed by atoms with E-state index in [0.717, 1.165) is 17.7 Å². The molecular formula is C14H20ClN5O. The van der Waals surface area contributed by atoms with E-state index in [1.807, 2.05) is 31.2 Å². The molecule has 1 aromatic carbocycles. The summed E-state index contributed by atoms with van der Waals surface area (Å²) in [6.07, 6.45) is 4.72. The van der Waals surface area contributed by atoms with Crippen molar-refractivity contribution in [2.45, 2.75) is 32.4 Å². The number of nitrogens with one attached hydrogen (secondary N) is 1. The van der Waals surface area contributed by atoms with Gasteiger partial charge in [-0.15, -0.1) is 12.4 Å². The first-order valence-corrected chi connectivity index (χ1v) is 6.68. The van der Waals surface area contributed by atoms with E-state index in [1.165, 1.54) is 6.33 Å². The van der Waals surface area contributed by atoms with Crippen LogP contribution in [-0.4, -0.2) is 26.7 Å². The maximum absolute atomic E-state index is 11.8. The predicted molar refractivity (Wildman–Crippen MR) is 83.3 cm³/mol. The number of benzene rings is 1. The first-order valence-electron chi connectivity index (χ1n) is 6.68. The molecule has 0 aliphatic rings. The highest BCUT2D eigenvalue weighted by Crippen LogP contribution is 2.09. The van der Waals surface area contributed by atoms with Gasteiger partial charge in [-0.05, 0) is 24.1 Å². The lowest BCUT2D eigenvalue weighted by molar-refractivity contribution is -0.122. The third-order valence-electron chi connectivity index (χ3n) is 3.00. The Morgan fingerprint density at radius 2 is 2.29 bits per heavy atom. The zero-order chi connectivity index (χ0) is 14.4. The quantitative estimate of drug-likeness (QED) is 0.845. The number of carbonyl (C=O) groups excluding carboxylic acids is 1. The van der Waals surface area contributed by atoms with Crippen molar-refractivity contribution in [3.63, 3.8) is 0 Å². The topological polar surface area (TPSA) is 85.8 Å². The molecule has 0 fully saturated rings. The van der Waals surface area contributed by atoms with Crippen molar-refractivity contribution in [3.05, 3.63) is 42.5 Å². The minimum Gasteiger partial charge on any atom is -0.351 e. The Balaban J connectivity index is 0.00000220. The van der Waals surface area contributed by atoms with E-state index in [1.54, 1.807) is 11.0 Å². The summed E-state index contributed by atoms with van der Waals surface area (Å²) >= 11 is 0. The van der Waals surface area contributed by atoms with Gasteiger partial charge in [0.05, 0.1) is 11.7 Å². The molecular weight excluding hydrogens is 290 g/mol. The monoisotopic (exact) mass is 309 g/mol. The molecule has 0 radical (unpaired) electrons. The van der Waals surface area contributed by atoms with Crippen LogP contribution in [0, 0.1) is 0 Å². The van der Waals surface area contributed by atoms with E-state index in [9.17, 15) is 4.79 Å². The first-order chi connectivity index (χ1) is 9.70. The molecule has 0 aliphatic heterocycles. The van der Waals surface area contributed by atoms with E-state index in [2.05, 4.69) is 15.4 Å². The number of aromatic nitrogens is 3. The minimum atomic E-state index is -0.432. The summed E-state index contributed by atoms with van der Waals surface area (Å²) in [7, 11) is 0. The number of nitrogens with two attached hydrogens (primary N) is 1. The van der Waals surface area contributed by atoms with Gasteiger partial charge >= 0.3 is 0 Å². The van der Waals surface area contributed by atoms with Gasteiger partial charge in [-0.1, -0.05) is 25.5 Å². The molecule has 2 aromatic rings. The lowest BCUT2D eigenvalue weighted by Gasteiger charge is -2.11. The summed E-state index contributed by atoms with van der Waals surface area (Å²) in [6.45, 7) is 2.47. The van der Waals surface area contributed by atoms with Crippen molar-refractivity contribution in [2.75, 3.05) is 0 Å². The van der Waals surface area contributed by atoms with Crippen LogP contribution in [0.2, 0.25) is 0 Å². The molecule has 2 rings (SSSR count). The Morgan fingerprint density at radius 3 is 2.95 bits per heavy atom. The highest BCUT2D eigenvalue weighted by molar-refractivity contribution is 5.85. The lowest BCUT2D eigenvalue weighted by atomic mass is 10.1. The summed E-state index contributed by atoms with van der Waals surface area (Å²) in [5.41, 5.74) is 7.67. The molecule has 7 heteroatoms. The van der Waals surface area contributed by atoms with Crippen LogP contribution in [0.1, 0.15) is 25.3 Å². The minimum absolute atomic E-state index is 0. The van der Waals surface area contributed by atoms with Gasteiger partial charge in [0.15, 0.2) is 0 Å². The molecule has 1 unspecified atom stereocenters. The Labute approximate surface area is 130 Å². The van der Waals surface area contributed by atoms with Gasteiger partial charge < -0.3 is 11.1 Å². The molecule has 0 aliphatic carbocycles. The molecule has 1 atom stereocenters. The number of hydrogen-bond acceptors (Lipinski definition) is 4. The summed E-state index contributed by atoms with van der Waals surface area (Å²) < 4.78 is 1.67. The first kappa shape index (κ1) is 17.1. The van der Waals surface area contributed by atoms with Crippen molar-refractivity contribution in [1.82, 2.24) is 20.1 Å². The van der Waals surface area contributed by atoms with Gasteiger partial charge in [0, 0.05) is 6.54 Å². The van der Waals surface area contributed by atoms with Crippen LogP contribution in [0.3, 0.4) is 0 Å². The van der Waals surface area contributed by atoms with Gasteiger partial charge in [0.2, 0.25) is 5.91 Å². The molecule has 1 aromatic heterocycles. The smallest absolute Gasteiger partial charge is 0.237 e. The second kappa shape index (κ2) is 8.39. The Bertz CT molecular complexity index is 558. The molecule has 1 amide bonds. The number of rotatable bonds is 6. The van der Waals surface area contributed by atoms with E-state index in [0.29, 0.717) is 13.0 Å². The van der Waals surface area contributed by atoms with E-state index >= 15 is 0 Å². The summed E-state index contributed by atoms with van der Waals surface area (Å²) in [6, 6.07) is 7.33. The maximum Gasteiger partial charge on any atom is 0.237 e. The number of amides is 1. The third-order valence-corrected chi connectivity index (χ3v) is 3.00. The predicted octanol–water partition coefficient (Wildman–Crippen LogP) is 1.43. The fourth-order valence-corrected chi connectivity index (χ4v) is 1.91. The van der Waals surface area contributed by atoms with Crippen LogP contribution >= 0.6 is 12.4 Å². The van der Waals surface area contributed by atoms with Crippen LogP contribution in [-0.2, 0) is 11.3 Å². The molecule has 3 N–H and O–H groups in total. The van der Waals surface area contributed by atoms with Crippen LogP contribution in [0.25, 0.3) is 5.69 Å². The van der Waals surface area contributed by atoms with Crippen molar-refractivity contribution in [3.8, 4) is 5.69 Å². The average Bonchev–Trinajstić information content (AvgIpc) is 2.99. The SMILES string of the molecule is CCCC(N)C(=O)NCc1cccc(-n2cncn2)c1.Cl. The standard InChI is InChI=1S/C14H19N5O.ClH/c1-2-4-13(15)14(20)17-8-11-5-3-6-12(7-11)19-10-16-9-18-19;/h3,5-7,9-10,13H,2,4,8,15H2,1H3,(H,17,20);1H. The Kier molecular flexibility index (Phi) is 6.84. The summed E-state index contributed by atoms with van der Waals surface area (Å²) in [5, 5.41) is 6.92. The van der Waals surface area contributed by atoms with Crippen molar-refractivity contribution in [1.29, 1.82) is 0 Å². The molecule has 0 saturated carbocycles. The average molecular weight is 310 g/mol. The van der Waals surface area contributed by atoms with E-state index in [-0.39, 0.29) is 18.3 Å². The van der Waals surface area contributed by atoms with E-state index in [4.69, 9.17) is 5.73 Å². The lowest BCUT2D eigenvalue weighted by Crippen LogP contribution is -2.40. The van der Waals surface area contributed by atoms with Crippen molar-refractivity contribution < 1.29 is 4.79 Å². The molecule has 1 heterocycles. The molecule has 6 nitrogen and oxygen atoms in total. The molecule has 114 valence electrons. The number of nitrogens with zero attached hydrogens (tertiary/aromatic N) is 3. The fourth-order valence-electron chi connectivity index (χ4n) is 1.91. The molecule has 0 spiro atoms. The highest BCUT2D eigenvalue weighted by Gasteiger charge is 2.11. The fraction of sp³-hybridized carbons (Fsp3) is 0.357. The van der Waals surface area contributed by atoms with Crippen LogP contribution in [0.15, 0.2) is 36.9 Å². The normalized spacial score (nSPS) is 11.5. The molecule has 0 saturated heterocycles. The zero-order valence-electron chi connectivity index (χ0n) is 11.9. The maximum atomic E-state index is 11.8. The molecule has 0 bridgehead atoms. The van der Waals surface area contributed by atoms with Gasteiger partial charge in [0.1, 0.15) is 12.7 Å². The second-order valence-corrected chi connectivity index (χ2v) is 4.62. The van der Waals surface area contributed by atoms with E-state index < -0.39 is 6.04 Å². The van der Waals surface area contributed by atoms with Crippen molar-refractivity contribution >= 4 is 18.3 Å². The Morgan fingerprint density at radius 1 is 1.48 bits per heavy atom. The van der Waals surface area contributed by atoms with Crippen molar-refractivity contribution in [2.24, 2.45) is 5.73 Å². The summed E-state index contributed by atoms with van der Waals surface area (Å²) in [5.74, 6) is -0.113. The largest absolute Gasteiger partial charge is 0.351 e. The second-order valence-electron chi connectivity index (χ2n) is 4.62. The van der Waals surface area contributed by atoms with Gasteiger partial charge in [-0.25, -0.2) is 9.67 Å². The van der Waals surface area contributed by atoms with Gasteiger partial charge in [-0.3, -0.25) is 4.79 Å². The highest BCUT2D eigenvalue weighted by atomic mass is 35.5. The van der Waals surface area contributed by atoms with Gasteiger partial charge in [-0.2, -0.15) is 5.10 Å². The van der Waals surface area contributed by atoms with Gasteiger partial charge in [0.25, 0.3) is 0 Å². The van der Waals surface area contributed by atoms with Crippen LogP contribution in [0.4, 0.5) is 0 Å². The Hall–Kier alpha value is -1.92. The zero-order valence-corrected chi connectivity index (χ0v) is 12.7. The number of halogens is 1. The van der Waals surface area contributed by atoms with Crippen LogP contribution in [0.5, 0.6) is 0 Å². The number of carbonyl (C=O) groups is 1. The number of hydrogen-bond donors (Lipinski definition) is 2.